The normalized spacial score (nSPS) is 20.8. The van der Waals surface area contributed by atoms with Gasteiger partial charge in [0.15, 0.2) is 0 Å². The Morgan fingerprint density at radius 2 is 2.00 bits per heavy atom. The highest BCUT2D eigenvalue weighted by Crippen LogP contribution is 2.31. The first-order chi connectivity index (χ1) is 12.8. The van der Waals surface area contributed by atoms with Gasteiger partial charge in [0.05, 0.1) is 26.2 Å². The number of morpholine rings is 1. The molecule has 8 nitrogen and oxygen atoms in total. The molecule has 0 radical (unpaired) electrons. The number of ether oxygens (including phenoxy) is 1. The number of alkyl halides is 3. The fraction of sp³-hybridized carbons (Fsp3) is 0.500. The van der Waals surface area contributed by atoms with Crippen molar-refractivity contribution in [2.45, 2.75) is 25.2 Å². The van der Waals surface area contributed by atoms with Crippen LogP contribution in [0.3, 0.4) is 0 Å². The summed E-state index contributed by atoms with van der Waals surface area (Å²) in [6.07, 6.45) is -3.97. The molecule has 1 unspecified atom stereocenters. The lowest BCUT2D eigenvalue weighted by Crippen LogP contribution is -2.44. The molecule has 146 valence electrons. The maximum Gasteiger partial charge on any atom is 0.433 e. The molecule has 2 saturated heterocycles. The van der Waals surface area contributed by atoms with Gasteiger partial charge < -0.3 is 15.0 Å². The molecule has 27 heavy (non-hydrogen) atoms. The second kappa shape index (κ2) is 7.51. The smallest absolute Gasteiger partial charge is 0.378 e. The number of carbonyl (C=O) groups is 3. The number of rotatable bonds is 4. The molecule has 0 spiro atoms. The molecule has 0 bridgehead atoms. The molecule has 2 aliphatic heterocycles. The minimum atomic E-state index is -4.71. The summed E-state index contributed by atoms with van der Waals surface area (Å²) >= 11 is 0. The average Bonchev–Trinajstić information content (AvgIpc) is 2.89. The van der Waals surface area contributed by atoms with Crippen molar-refractivity contribution in [2.24, 2.45) is 0 Å². The van der Waals surface area contributed by atoms with E-state index in [1.807, 2.05) is 0 Å². The Bertz CT molecular complexity index is 749. The lowest BCUT2D eigenvalue weighted by molar-refractivity contribution is -0.142. The molecule has 2 fully saturated rings. The van der Waals surface area contributed by atoms with E-state index in [2.05, 4.69) is 10.3 Å². The summed E-state index contributed by atoms with van der Waals surface area (Å²) < 4.78 is 44.3. The number of nitrogens with one attached hydrogen (secondary N) is 1. The second-order valence-electron chi connectivity index (χ2n) is 6.13. The summed E-state index contributed by atoms with van der Waals surface area (Å²) in [4.78, 5) is 42.3. The van der Waals surface area contributed by atoms with Crippen LogP contribution in [0, 0.1) is 0 Å². The van der Waals surface area contributed by atoms with Crippen molar-refractivity contribution in [3.8, 4) is 0 Å². The zero-order valence-electron chi connectivity index (χ0n) is 14.2. The standard InChI is InChI=1S/C16H17F3N4O4/c17-16(18,19)13-10(2-1-3-20-13)9-23-14(25)11(21-15(23)26)8-12(24)22-4-6-27-7-5-22/h1-3,11H,4-9H2,(H,21,26). The summed E-state index contributed by atoms with van der Waals surface area (Å²) in [7, 11) is 0. The molecule has 2 aliphatic rings. The van der Waals surface area contributed by atoms with Crippen LogP contribution in [0.25, 0.3) is 0 Å². The summed E-state index contributed by atoms with van der Waals surface area (Å²) in [6.45, 7) is 0.994. The molecule has 11 heteroatoms. The Morgan fingerprint density at radius 1 is 1.30 bits per heavy atom. The van der Waals surface area contributed by atoms with E-state index in [1.54, 1.807) is 0 Å². The molecule has 0 aromatic carbocycles. The van der Waals surface area contributed by atoms with Crippen LogP contribution in [-0.2, 0) is 27.0 Å². The Morgan fingerprint density at radius 3 is 2.67 bits per heavy atom. The highest BCUT2D eigenvalue weighted by Gasteiger charge is 2.42. The van der Waals surface area contributed by atoms with Crippen LogP contribution in [0.1, 0.15) is 17.7 Å². The van der Waals surface area contributed by atoms with Gasteiger partial charge in [-0.1, -0.05) is 6.07 Å². The number of pyridine rings is 1. The maximum absolute atomic E-state index is 13.0. The van der Waals surface area contributed by atoms with Crippen LogP contribution in [-0.4, -0.2) is 65.0 Å². The second-order valence-corrected chi connectivity index (χ2v) is 6.13. The topological polar surface area (TPSA) is 91.8 Å². The number of aromatic nitrogens is 1. The Kier molecular flexibility index (Phi) is 5.31. The summed E-state index contributed by atoms with van der Waals surface area (Å²) in [5.41, 5.74) is -1.45. The molecule has 1 atom stereocenters. The lowest BCUT2D eigenvalue weighted by atomic mass is 10.1. The number of hydrogen-bond acceptors (Lipinski definition) is 5. The van der Waals surface area contributed by atoms with E-state index in [4.69, 9.17) is 4.74 Å². The van der Waals surface area contributed by atoms with E-state index in [-0.39, 0.29) is 17.9 Å². The van der Waals surface area contributed by atoms with Gasteiger partial charge in [0, 0.05) is 24.8 Å². The third kappa shape index (κ3) is 4.18. The van der Waals surface area contributed by atoms with E-state index in [0.29, 0.717) is 31.2 Å². The van der Waals surface area contributed by atoms with E-state index in [0.717, 1.165) is 12.3 Å². The first kappa shape index (κ1) is 19.1. The van der Waals surface area contributed by atoms with Gasteiger partial charge in [-0.25, -0.2) is 4.79 Å². The third-order valence-corrected chi connectivity index (χ3v) is 4.34. The highest BCUT2D eigenvalue weighted by atomic mass is 19.4. The fourth-order valence-electron chi connectivity index (χ4n) is 2.97. The number of urea groups is 1. The van der Waals surface area contributed by atoms with Crippen LogP contribution < -0.4 is 5.32 Å². The first-order valence-corrected chi connectivity index (χ1v) is 8.26. The number of amides is 4. The molecule has 1 aromatic rings. The summed E-state index contributed by atoms with van der Waals surface area (Å²) in [6, 6.07) is 0.515. The minimum absolute atomic E-state index is 0.250. The van der Waals surface area contributed by atoms with Gasteiger partial charge in [0.1, 0.15) is 11.7 Å². The van der Waals surface area contributed by atoms with Crippen LogP contribution in [0.4, 0.5) is 18.0 Å². The van der Waals surface area contributed by atoms with E-state index >= 15 is 0 Å². The van der Waals surface area contributed by atoms with E-state index < -0.39 is 36.4 Å². The van der Waals surface area contributed by atoms with Crippen LogP contribution in [0.2, 0.25) is 0 Å². The van der Waals surface area contributed by atoms with Crippen LogP contribution in [0.5, 0.6) is 0 Å². The number of nitrogens with zero attached hydrogens (tertiary/aromatic N) is 3. The van der Waals surface area contributed by atoms with Gasteiger partial charge in [-0.3, -0.25) is 19.5 Å². The molecule has 0 saturated carbocycles. The van der Waals surface area contributed by atoms with Crippen molar-refractivity contribution in [2.75, 3.05) is 26.3 Å². The van der Waals surface area contributed by atoms with E-state index in [1.165, 1.54) is 11.0 Å². The number of carbonyl (C=O) groups excluding carboxylic acids is 3. The maximum atomic E-state index is 13.0. The lowest BCUT2D eigenvalue weighted by Gasteiger charge is -2.27. The van der Waals surface area contributed by atoms with Crippen LogP contribution >= 0.6 is 0 Å². The Balaban J connectivity index is 1.69. The van der Waals surface area contributed by atoms with Crippen molar-refractivity contribution in [1.29, 1.82) is 0 Å². The minimum Gasteiger partial charge on any atom is -0.378 e. The zero-order valence-corrected chi connectivity index (χ0v) is 14.2. The SMILES string of the molecule is O=C(CC1NC(=O)N(Cc2cccnc2C(F)(F)F)C1=O)N1CCOCC1. The largest absolute Gasteiger partial charge is 0.433 e. The third-order valence-electron chi connectivity index (χ3n) is 4.34. The van der Waals surface area contributed by atoms with Gasteiger partial charge in [0.2, 0.25) is 5.91 Å². The zero-order chi connectivity index (χ0) is 19.6. The molecule has 1 N–H and O–H groups in total. The Hall–Kier alpha value is -2.69. The quantitative estimate of drug-likeness (QED) is 0.772. The molecular formula is C16H17F3N4O4. The predicted molar refractivity (Wildman–Crippen MR) is 84.1 cm³/mol. The molecule has 1 aromatic heterocycles. The molecule has 4 amide bonds. The first-order valence-electron chi connectivity index (χ1n) is 8.26. The van der Waals surface area contributed by atoms with Crippen molar-refractivity contribution < 1.29 is 32.3 Å². The number of imide groups is 1. The Labute approximate surface area is 152 Å². The molecule has 0 aliphatic carbocycles. The molecule has 3 rings (SSSR count). The van der Waals surface area contributed by atoms with Gasteiger partial charge in [0.25, 0.3) is 5.91 Å². The average molecular weight is 386 g/mol. The fourth-order valence-corrected chi connectivity index (χ4v) is 2.97. The van der Waals surface area contributed by atoms with Crippen molar-refractivity contribution in [1.82, 2.24) is 20.1 Å². The molecular weight excluding hydrogens is 369 g/mol. The van der Waals surface area contributed by atoms with Crippen molar-refractivity contribution in [3.05, 3.63) is 29.6 Å². The monoisotopic (exact) mass is 386 g/mol. The van der Waals surface area contributed by atoms with E-state index in [9.17, 15) is 27.6 Å². The van der Waals surface area contributed by atoms with Crippen molar-refractivity contribution >= 4 is 17.8 Å². The number of halogens is 3. The van der Waals surface area contributed by atoms with Crippen molar-refractivity contribution in [3.63, 3.8) is 0 Å². The van der Waals surface area contributed by atoms with Gasteiger partial charge in [-0.2, -0.15) is 13.2 Å². The predicted octanol–water partition coefficient (Wildman–Crippen LogP) is 0.770. The summed E-state index contributed by atoms with van der Waals surface area (Å²) in [5, 5.41) is 2.36. The highest BCUT2D eigenvalue weighted by molar-refractivity contribution is 6.05. The number of hydrogen-bond donors (Lipinski definition) is 1. The molecule has 3 heterocycles. The summed E-state index contributed by atoms with van der Waals surface area (Å²) in [5.74, 6) is -1.06. The van der Waals surface area contributed by atoms with Gasteiger partial charge in [-0.05, 0) is 6.07 Å². The van der Waals surface area contributed by atoms with Gasteiger partial charge >= 0.3 is 12.2 Å². The van der Waals surface area contributed by atoms with Gasteiger partial charge in [-0.15, -0.1) is 0 Å². The van der Waals surface area contributed by atoms with Crippen LogP contribution in [0.15, 0.2) is 18.3 Å².